The lowest BCUT2D eigenvalue weighted by molar-refractivity contribution is 0.0692. The van der Waals surface area contributed by atoms with Gasteiger partial charge in [-0.3, -0.25) is 9.78 Å². The van der Waals surface area contributed by atoms with Crippen molar-refractivity contribution in [3.8, 4) is 0 Å². The number of piperazine rings is 1. The second-order valence-corrected chi connectivity index (χ2v) is 10.4. The molecule has 2 aliphatic heterocycles. The Hall–Kier alpha value is -2.49. The number of morpholine rings is 1. The molecule has 1 aromatic heterocycles. The molecule has 0 N–H and O–H groups in total. The van der Waals surface area contributed by atoms with Crippen LogP contribution >= 0.6 is 0 Å². The summed E-state index contributed by atoms with van der Waals surface area (Å²) in [4.78, 5) is 21.6. The van der Waals surface area contributed by atoms with Crippen molar-refractivity contribution in [2.24, 2.45) is 0 Å². The first-order chi connectivity index (χ1) is 15.5. The van der Waals surface area contributed by atoms with Crippen molar-refractivity contribution in [1.82, 2.24) is 14.2 Å². The van der Waals surface area contributed by atoms with Crippen LogP contribution in [-0.4, -0.2) is 81.0 Å². The zero-order chi connectivity index (χ0) is 22.1. The van der Waals surface area contributed by atoms with E-state index in [1.54, 1.807) is 17.2 Å². The molecule has 8 nitrogen and oxygen atoms in total. The van der Waals surface area contributed by atoms with Gasteiger partial charge in [0.1, 0.15) is 5.69 Å². The smallest absolute Gasteiger partial charge is 0.272 e. The van der Waals surface area contributed by atoms with Crippen LogP contribution in [0, 0.1) is 0 Å². The number of hydrogen-bond acceptors (Lipinski definition) is 6. The van der Waals surface area contributed by atoms with Gasteiger partial charge in [-0.2, -0.15) is 4.31 Å². The zero-order valence-corrected chi connectivity index (χ0v) is 18.9. The molecule has 0 bridgehead atoms. The molecule has 0 spiro atoms. The van der Waals surface area contributed by atoms with Crippen molar-refractivity contribution < 1.29 is 17.9 Å². The summed E-state index contributed by atoms with van der Waals surface area (Å²) in [5.41, 5.74) is 3.76. The number of anilines is 1. The number of aromatic nitrogens is 1. The molecule has 9 heteroatoms. The molecule has 0 saturated carbocycles. The molecule has 0 atom stereocenters. The number of pyridine rings is 1. The first-order valence-electron chi connectivity index (χ1n) is 11.2. The third-order valence-electron chi connectivity index (χ3n) is 6.57. The van der Waals surface area contributed by atoms with Gasteiger partial charge < -0.3 is 14.5 Å². The van der Waals surface area contributed by atoms with Crippen LogP contribution in [0.3, 0.4) is 0 Å². The number of benzene rings is 1. The van der Waals surface area contributed by atoms with Gasteiger partial charge in [0.2, 0.25) is 10.0 Å². The van der Waals surface area contributed by atoms with Crippen LogP contribution in [-0.2, 0) is 27.6 Å². The van der Waals surface area contributed by atoms with E-state index in [0.29, 0.717) is 36.9 Å². The van der Waals surface area contributed by atoms with E-state index in [0.717, 1.165) is 43.6 Å². The fourth-order valence-electron chi connectivity index (χ4n) is 4.71. The number of carbonyl (C=O) groups excluding carboxylic acids is 1. The molecule has 2 saturated heterocycles. The number of sulfonamides is 1. The monoisotopic (exact) mass is 456 g/mol. The Bertz CT molecular complexity index is 1110. The van der Waals surface area contributed by atoms with E-state index in [2.05, 4.69) is 9.88 Å². The average Bonchev–Trinajstić information content (AvgIpc) is 3.32. The minimum absolute atomic E-state index is 0.158. The van der Waals surface area contributed by atoms with Crippen molar-refractivity contribution in [3.63, 3.8) is 0 Å². The topological polar surface area (TPSA) is 83.1 Å². The molecule has 0 unspecified atom stereocenters. The van der Waals surface area contributed by atoms with Crippen molar-refractivity contribution in [2.45, 2.75) is 24.2 Å². The second kappa shape index (κ2) is 8.80. The summed E-state index contributed by atoms with van der Waals surface area (Å²) in [7, 11) is -3.56. The van der Waals surface area contributed by atoms with Crippen LogP contribution in [0.2, 0.25) is 0 Å². The molecule has 2 aromatic rings. The SMILES string of the molecule is O=C(c1cc(N2CCOCC2)ccn1)N1CCN(S(=O)(=O)c2ccc3c(c2)CCC3)CC1. The molecule has 3 aliphatic rings. The highest BCUT2D eigenvalue weighted by Crippen LogP contribution is 2.27. The van der Waals surface area contributed by atoms with Crippen LogP contribution in [0.15, 0.2) is 41.4 Å². The lowest BCUT2D eigenvalue weighted by Gasteiger charge is -2.34. The lowest BCUT2D eigenvalue weighted by Crippen LogP contribution is -2.50. The number of rotatable bonds is 4. The fourth-order valence-corrected chi connectivity index (χ4v) is 6.18. The van der Waals surface area contributed by atoms with Crippen LogP contribution in [0.1, 0.15) is 28.0 Å². The van der Waals surface area contributed by atoms with E-state index < -0.39 is 10.0 Å². The van der Waals surface area contributed by atoms with E-state index in [9.17, 15) is 13.2 Å². The maximum Gasteiger partial charge on any atom is 0.272 e. The van der Waals surface area contributed by atoms with E-state index in [4.69, 9.17) is 4.74 Å². The molecule has 3 heterocycles. The summed E-state index contributed by atoms with van der Waals surface area (Å²) >= 11 is 0. The Balaban J connectivity index is 1.25. The second-order valence-electron chi connectivity index (χ2n) is 8.48. The first kappa shape index (κ1) is 21.4. The van der Waals surface area contributed by atoms with Gasteiger partial charge in [0, 0.05) is 51.2 Å². The fraction of sp³-hybridized carbons (Fsp3) is 0.478. The van der Waals surface area contributed by atoms with Crippen molar-refractivity contribution >= 4 is 21.6 Å². The number of fused-ring (bicyclic) bond motifs is 1. The van der Waals surface area contributed by atoms with Gasteiger partial charge in [0.25, 0.3) is 5.91 Å². The summed E-state index contributed by atoms with van der Waals surface area (Å²) in [6.45, 7) is 4.20. The molecule has 0 radical (unpaired) electrons. The van der Waals surface area contributed by atoms with Crippen molar-refractivity contribution in [1.29, 1.82) is 0 Å². The summed E-state index contributed by atoms with van der Waals surface area (Å²) in [5.74, 6) is -0.158. The van der Waals surface area contributed by atoms with Crippen LogP contribution < -0.4 is 4.90 Å². The van der Waals surface area contributed by atoms with Crippen LogP contribution in [0.5, 0.6) is 0 Å². The van der Waals surface area contributed by atoms with Gasteiger partial charge in [-0.1, -0.05) is 6.07 Å². The number of nitrogens with zero attached hydrogens (tertiary/aromatic N) is 4. The summed E-state index contributed by atoms with van der Waals surface area (Å²) in [6, 6.07) is 9.22. The Morgan fingerprint density at radius 3 is 2.44 bits per heavy atom. The molecule has 5 rings (SSSR count). The number of ether oxygens (including phenoxy) is 1. The Morgan fingerprint density at radius 2 is 1.66 bits per heavy atom. The molecule has 32 heavy (non-hydrogen) atoms. The molecular formula is C23H28N4O4S. The quantitative estimate of drug-likeness (QED) is 0.694. The third-order valence-corrected chi connectivity index (χ3v) is 8.47. The maximum absolute atomic E-state index is 13.1. The molecule has 1 amide bonds. The summed E-state index contributed by atoms with van der Waals surface area (Å²) in [5, 5.41) is 0. The molecule has 170 valence electrons. The minimum Gasteiger partial charge on any atom is -0.378 e. The number of aryl methyl sites for hydroxylation is 2. The van der Waals surface area contributed by atoms with E-state index in [-0.39, 0.29) is 19.0 Å². The van der Waals surface area contributed by atoms with Crippen LogP contribution in [0.4, 0.5) is 5.69 Å². The largest absolute Gasteiger partial charge is 0.378 e. The van der Waals surface area contributed by atoms with E-state index in [1.165, 1.54) is 9.87 Å². The Kier molecular flexibility index (Phi) is 5.88. The lowest BCUT2D eigenvalue weighted by atomic mass is 10.1. The maximum atomic E-state index is 13.1. The van der Waals surface area contributed by atoms with Gasteiger partial charge in [0.15, 0.2) is 0 Å². The van der Waals surface area contributed by atoms with Crippen molar-refractivity contribution in [2.75, 3.05) is 57.4 Å². The molecule has 2 fully saturated rings. The van der Waals surface area contributed by atoms with E-state index in [1.807, 2.05) is 24.3 Å². The number of carbonyl (C=O) groups is 1. The highest BCUT2D eigenvalue weighted by molar-refractivity contribution is 7.89. The van der Waals surface area contributed by atoms with Crippen LogP contribution in [0.25, 0.3) is 0 Å². The molecule has 1 aliphatic carbocycles. The third kappa shape index (κ3) is 4.12. The number of hydrogen-bond donors (Lipinski definition) is 0. The highest BCUT2D eigenvalue weighted by Gasteiger charge is 2.31. The first-order valence-corrected chi connectivity index (χ1v) is 12.7. The highest BCUT2D eigenvalue weighted by atomic mass is 32.2. The normalized spacial score (nSPS) is 19.8. The molecular weight excluding hydrogens is 428 g/mol. The summed E-state index contributed by atoms with van der Waals surface area (Å²) in [6.07, 6.45) is 4.71. The Morgan fingerprint density at radius 1 is 0.906 bits per heavy atom. The zero-order valence-electron chi connectivity index (χ0n) is 18.1. The molecule has 1 aromatic carbocycles. The van der Waals surface area contributed by atoms with Gasteiger partial charge in [-0.15, -0.1) is 0 Å². The average molecular weight is 457 g/mol. The van der Waals surface area contributed by atoms with Gasteiger partial charge in [0.05, 0.1) is 18.1 Å². The Labute approximate surface area is 188 Å². The predicted octanol–water partition coefficient (Wildman–Crippen LogP) is 1.55. The summed E-state index contributed by atoms with van der Waals surface area (Å²) < 4.78 is 33.2. The van der Waals surface area contributed by atoms with Gasteiger partial charge >= 0.3 is 0 Å². The minimum atomic E-state index is -3.56. The van der Waals surface area contributed by atoms with E-state index >= 15 is 0 Å². The number of amides is 1. The standard InChI is InChI=1S/C23H28N4O4S/c28-23(22-17-20(6-7-24-22)25-12-14-31-15-13-25)26-8-10-27(11-9-26)32(29,30)21-5-4-18-2-1-3-19(18)16-21/h4-7,16-17H,1-3,8-15H2. The van der Waals surface area contributed by atoms with Gasteiger partial charge in [-0.25, -0.2) is 8.42 Å². The van der Waals surface area contributed by atoms with Gasteiger partial charge in [-0.05, 0) is 54.7 Å². The predicted molar refractivity (Wildman–Crippen MR) is 120 cm³/mol. The van der Waals surface area contributed by atoms with Crippen molar-refractivity contribution in [3.05, 3.63) is 53.3 Å².